The first-order valence-corrected chi connectivity index (χ1v) is 9.93. The third kappa shape index (κ3) is 3.42. The van der Waals surface area contributed by atoms with Gasteiger partial charge in [0, 0.05) is 23.9 Å². The second kappa shape index (κ2) is 6.95. The Bertz CT molecular complexity index is 1030. The van der Waals surface area contributed by atoms with Gasteiger partial charge in [-0.15, -0.1) is 0 Å². The minimum Gasteiger partial charge on any atom is -0.478 e. The molecule has 1 aromatic carbocycles. The molecule has 0 fully saturated rings. The molecule has 29 heavy (non-hydrogen) atoms. The number of hydrogen-bond acceptors (Lipinski definition) is 5. The number of rotatable bonds is 3. The van der Waals surface area contributed by atoms with E-state index in [1.54, 1.807) is 12.1 Å². The van der Waals surface area contributed by atoms with E-state index in [2.05, 4.69) is 52.8 Å². The predicted octanol–water partition coefficient (Wildman–Crippen LogP) is 4.49. The van der Waals surface area contributed by atoms with Crippen molar-refractivity contribution in [1.82, 2.24) is 15.0 Å². The smallest absolute Gasteiger partial charge is 0.335 e. The Hall–Kier alpha value is -2.73. The number of anilines is 1. The molecule has 4 rings (SSSR count). The Labute approximate surface area is 175 Å². The summed E-state index contributed by atoms with van der Waals surface area (Å²) >= 11 is 5.95. The summed E-state index contributed by atoms with van der Waals surface area (Å²) in [7, 11) is 0. The van der Waals surface area contributed by atoms with Gasteiger partial charge in [0.05, 0.1) is 5.56 Å². The standard InChI is InChI=1S/C22H23ClN4O2/c1-21(2)16(14-4-6-15(7-5-14)18(28)29)8-10-22(3)12-27(11-9-17(21)22)20-25-13-24-19(23)26-20/h4-9,13H,10-12H2,1-3H3,(H,28,29)/t22-/m1/s1. The summed E-state index contributed by atoms with van der Waals surface area (Å²) in [6, 6.07) is 7.15. The van der Waals surface area contributed by atoms with Crippen LogP contribution in [0.25, 0.3) is 5.57 Å². The summed E-state index contributed by atoms with van der Waals surface area (Å²) < 4.78 is 0. The summed E-state index contributed by atoms with van der Waals surface area (Å²) in [6.07, 6.45) is 6.89. The largest absolute Gasteiger partial charge is 0.478 e. The van der Waals surface area contributed by atoms with Gasteiger partial charge in [-0.05, 0) is 41.3 Å². The van der Waals surface area contributed by atoms with E-state index in [0.29, 0.717) is 18.1 Å². The number of carboxylic acid groups (broad SMARTS) is 1. The lowest BCUT2D eigenvalue weighted by molar-refractivity contribution is 0.0697. The fourth-order valence-corrected chi connectivity index (χ4v) is 4.89. The zero-order valence-electron chi connectivity index (χ0n) is 16.7. The molecule has 1 aliphatic carbocycles. The van der Waals surface area contributed by atoms with Crippen molar-refractivity contribution < 1.29 is 9.90 Å². The molecule has 0 saturated heterocycles. The van der Waals surface area contributed by atoms with Crippen LogP contribution in [0.5, 0.6) is 0 Å². The van der Waals surface area contributed by atoms with E-state index in [-0.39, 0.29) is 16.1 Å². The van der Waals surface area contributed by atoms with Gasteiger partial charge in [0.2, 0.25) is 11.2 Å². The van der Waals surface area contributed by atoms with E-state index in [0.717, 1.165) is 18.5 Å². The topological polar surface area (TPSA) is 79.2 Å². The molecule has 0 spiro atoms. The normalized spacial score (nSPS) is 23.1. The summed E-state index contributed by atoms with van der Waals surface area (Å²) in [5.41, 5.74) is 3.77. The molecule has 1 N–H and O–H groups in total. The Balaban J connectivity index is 1.67. The van der Waals surface area contributed by atoms with Gasteiger partial charge in [0.15, 0.2) is 0 Å². The number of nitrogens with zero attached hydrogens (tertiary/aromatic N) is 4. The quantitative estimate of drug-likeness (QED) is 0.751. The fourth-order valence-electron chi connectivity index (χ4n) is 4.77. The first-order chi connectivity index (χ1) is 13.7. The maximum atomic E-state index is 11.2. The first kappa shape index (κ1) is 19.6. The van der Waals surface area contributed by atoms with Crippen molar-refractivity contribution >= 4 is 29.1 Å². The van der Waals surface area contributed by atoms with E-state index < -0.39 is 5.97 Å². The maximum absolute atomic E-state index is 11.2. The van der Waals surface area contributed by atoms with Gasteiger partial charge in [0.25, 0.3) is 0 Å². The minimum atomic E-state index is -0.908. The van der Waals surface area contributed by atoms with Gasteiger partial charge in [-0.2, -0.15) is 4.98 Å². The Morgan fingerprint density at radius 1 is 1.14 bits per heavy atom. The lowest BCUT2D eigenvalue weighted by atomic mass is 9.58. The number of fused-ring (bicyclic) bond motifs is 1. The Kier molecular flexibility index (Phi) is 4.69. The van der Waals surface area contributed by atoms with Gasteiger partial charge in [-0.3, -0.25) is 0 Å². The minimum absolute atomic E-state index is 0.0502. The van der Waals surface area contributed by atoms with Crippen molar-refractivity contribution in [1.29, 1.82) is 0 Å². The zero-order chi connectivity index (χ0) is 20.8. The van der Waals surface area contributed by atoms with Gasteiger partial charge in [-0.1, -0.05) is 50.6 Å². The number of benzene rings is 1. The van der Waals surface area contributed by atoms with Crippen LogP contribution in [0, 0.1) is 10.8 Å². The van der Waals surface area contributed by atoms with Crippen LogP contribution in [0.2, 0.25) is 5.28 Å². The number of aromatic carboxylic acids is 1. The molecule has 1 atom stereocenters. The fraction of sp³-hybridized carbons (Fsp3) is 0.364. The van der Waals surface area contributed by atoms with Crippen molar-refractivity contribution in [3.05, 3.63) is 64.7 Å². The average Bonchev–Trinajstić information content (AvgIpc) is 2.67. The van der Waals surface area contributed by atoms with E-state index in [4.69, 9.17) is 16.7 Å². The van der Waals surface area contributed by atoms with Crippen LogP contribution in [0.1, 0.15) is 43.1 Å². The second-order valence-corrected chi connectivity index (χ2v) is 8.78. The molecule has 150 valence electrons. The molecule has 1 aliphatic heterocycles. The number of aromatic nitrogens is 3. The van der Waals surface area contributed by atoms with Crippen LogP contribution in [0.4, 0.5) is 5.95 Å². The SMILES string of the molecule is CC1(C)C(c2ccc(C(=O)O)cc2)=CC[C@]2(C)CN(c3ncnc(Cl)n3)CC=C12. The molecule has 0 amide bonds. The molecular formula is C22H23ClN4O2. The highest BCUT2D eigenvalue weighted by molar-refractivity contribution is 6.28. The average molecular weight is 411 g/mol. The van der Waals surface area contributed by atoms with E-state index in [9.17, 15) is 4.79 Å². The van der Waals surface area contributed by atoms with Crippen LogP contribution in [-0.2, 0) is 0 Å². The van der Waals surface area contributed by atoms with Crippen molar-refractivity contribution in [2.24, 2.45) is 10.8 Å². The molecule has 6 nitrogen and oxygen atoms in total. The molecular weight excluding hydrogens is 388 g/mol. The molecule has 2 aromatic rings. The molecule has 0 unspecified atom stereocenters. The van der Waals surface area contributed by atoms with Crippen molar-refractivity contribution in [2.75, 3.05) is 18.0 Å². The van der Waals surface area contributed by atoms with Crippen molar-refractivity contribution in [2.45, 2.75) is 27.2 Å². The third-order valence-corrected chi connectivity index (χ3v) is 6.25. The summed E-state index contributed by atoms with van der Waals surface area (Å²) in [5.74, 6) is -0.312. The van der Waals surface area contributed by atoms with E-state index >= 15 is 0 Å². The van der Waals surface area contributed by atoms with Gasteiger partial charge in [0.1, 0.15) is 6.33 Å². The molecule has 0 radical (unpaired) electrons. The summed E-state index contributed by atoms with van der Waals surface area (Å²) in [6.45, 7) is 8.26. The second-order valence-electron chi connectivity index (χ2n) is 8.44. The van der Waals surface area contributed by atoms with Crippen LogP contribution in [0.3, 0.4) is 0 Å². The lowest BCUT2D eigenvalue weighted by Crippen LogP contribution is -2.47. The van der Waals surface area contributed by atoms with Gasteiger partial charge in [-0.25, -0.2) is 14.8 Å². The van der Waals surface area contributed by atoms with Gasteiger partial charge < -0.3 is 10.0 Å². The molecule has 7 heteroatoms. The highest BCUT2D eigenvalue weighted by Crippen LogP contribution is 2.55. The monoisotopic (exact) mass is 410 g/mol. The van der Waals surface area contributed by atoms with Crippen LogP contribution < -0.4 is 4.90 Å². The van der Waals surface area contributed by atoms with Gasteiger partial charge >= 0.3 is 5.97 Å². The Morgan fingerprint density at radius 3 is 2.52 bits per heavy atom. The number of halogens is 1. The number of allylic oxidation sites excluding steroid dienone is 2. The van der Waals surface area contributed by atoms with Crippen LogP contribution in [-0.4, -0.2) is 39.1 Å². The highest BCUT2D eigenvalue weighted by atomic mass is 35.5. The first-order valence-electron chi connectivity index (χ1n) is 9.56. The maximum Gasteiger partial charge on any atom is 0.335 e. The van der Waals surface area contributed by atoms with Crippen molar-refractivity contribution in [3.63, 3.8) is 0 Å². The lowest BCUT2D eigenvalue weighted by Gasteiger charge is -2.50. The summed E-state index contributed by atoms with van der Waals surface area (Å²) in [5, 5.41) is 9.36. The molecule has 2 heterocycles. The predicted molar refractivity (Wildman–Crippen MR) is 113 cm³/mol. The summed E-state index contributed by atoms with van der Waals surface area (Å²) in [4.78, 5) is 25.7. The van der Waals surface area contributed by atoms with E-state index in [1.807, 2.05) is 12.1 Å². The third-order valence-electron chi connectivity index (χ3n) is 6.06. The zero-order valence-corrected chi connectivity index (χ0v) is 17.4. The molecule has 1 aromatic heterocycles. The number of carboxylic acids is 1. The molecule has 0 bridgehead atoms. The number of carbonyl (C=O) groups is 1. The number of hydrogen-bond donors (Lipinski definition) is 1. The van der Waals surface area contributed by atoms with Crippen LogP contribution in [0.15, 0.2) is 48.3 Å². The van der Waals surface area contributed by atoms with Crippen LogP contribution >= 0.6 is 11.6 Å². The molecule has 0 saturated carbocycles. The van der Waals surface area contributed by atoms with Crippen molar-refractivity contribution in [3.8, 4) is 0 Å². The highest BCUT2D eigenvalue weighted by Gasteiger charge is 2.46. The molecule has 2 aliphatic rings. The van der Waals surface area contributed by atoms with E-state index in [1.165, 1.54) is 17.5 Å². The Morgan fingerprint density at radius 2 is 1.86 bits per heavy atom.